The van der Waals surface area contributed by atoms with Crippen LogP contribution in [-0.2, 0) is 9.59 Å². The number of fused-ring (bicyclic) bond motifs is 5. The smallest absolute Gasteiger partial charge is 0.178 e. The molecule has 2 fully saturated rings. The van der Waals surface area contributed by atoms with E-state index in [2.05, 4.69) is 26.8 Å². The van der Waals surface area contributed by atoms with Crippen LogP contribution < -0.4 is 5.73 Å². The predicted molar refractivity (Wildman–Crippen MR) is 94.0 cm³/mol. The first kappa shape index (κ1) is 16.1. The average molecular weight is 327 g/mol. The van der Waals surface area contributed by atoms with Gasteiger partial charge in [0.05, 0.1) is 5.70 Å². The lowest BCUT2D eigenvalue weighted by atomic mass is 9.47. The van der Waals surface area contributed by atoms with Crippen molar-refractivity contribution in [1.29, 1.82) is 0 Å². The lowest BCUT2D eigenvalue weighted by molar-refractivity contribution is -0.130. The number of nitrogens with two attached hydrogens (primary N) is 1. The molecule has 3 nitrogen and oxygen atoms in total. The molecule has 5 atom stereocenters. The maximum atomic E-state index is 12.6. The summed E-state index contributed by atoms with van der Waals surface area (Å²) in [5, 5.41) is 0. The van der Waals surface area contributed by atoms with Gasteiger partial charge >= 0.3 is 0 Å². The van der Waals surface area contributed by atoms with E-state index in [9.17, 15) is 9.59 Å². The Morgan fingerprint density at radius 1 is 1.08 bits per heavy atom. The van der Waals surface area contributed by atoms with Gasteiger partial charge < -0.3 is 5.73 Å². The second-order valence-electron chi connectivity index (χ2n) is 8.90. The summed E-state index contributed by atoms with van der Waals surface area (Å²) in [6.07, 6.45) is 8.61. The molecule has 4 aliphatic rings. The number of carbonyl (C=O) groups excluding carboxylic acids is 2. The third-order valence-electron chi connectivity index (χ3n) is 8.04. The van der Waals surface area contributed by atoms with E-state index in [-0.39, 0.29) is 16.6 Å². The maximum Gasteiger partial charge on any atom is 0.178 e. The zero-order chi connectivity index (χ0) is 17.3. The predicted octanol–water partition coefficient (Wildman–Crippen LogP) is 3.93. The van der Waals surface area contributed by atoms with Gasteiger partial charge in [-0.1, -0.05) is 32.4 Å². The number of carbonyl (C=O) groups is 2. The standard InChI is InChI=1S/C21H29NO2/c1-4-12-11-15-19(22)16(23)8-10-20(15,2)14-7-9-21(3)13(18(12)14)5-6-17(21)24/h11,13-14,18H,4-10,22H2,1-3H3/t13-,14-,18-,20+,21-/m0/s1. The molecule has 0 bridgehead atoms. The highest BCUT2D eigenvalue weighted by Crippen LogP contribution is 2.64. The molecular formula is C21H29NO2. The second-order valence-corrected chi connectivity index (χ2v) is 8.90. The summed E-state index contributed by atoms with van der Waals surface area (Å²) in [6.45, 7) is 6.74. The topological polar surface area (TPSA) is 60.2 Å². The first-order valence-corrected chi connectivity index (χ1v) is 9.60. The lowest BCUT2D eigenvalue weighted by Gasteiger charge is -2.56. The molecule has 0 unspecified atom stereocenters. The summed E-state index contributed by atoms with van der Waals surface area (Å²) in [7, 11) is 0. The molecule has 4 rings (SSSR count). The molecule has 24 heavy (non-hydrogen) atoms. The molecule has 0 saturated heterocycles. The second kappa shape index (κ2) is 5.06. The summed E-state index contributed by atoms with van der Waals surface area (Å²) in [6, 6.07) is 0. The van der Waals surface area contributed by atoms with Crippen LogP contribution in [0.5, 0.6) is 0 Å². The minimum atomic E-state index is -0.122. The van der Waals surface area contributed by atoms with E-state index in [1.807, 2.05) is 0 Å². The zero-order valence-corrected chi connectivity index (χ0v) is 15.2. The molecule has 0 aromatic carbocycles. The molecule has 0 aromatic rings. The summed E-state index contributed by atoms with van der Waals surface area (Å²) >= 11 is 0. The van der Waals surface area contributed by atoms with Crippen molar-refractivity contribution in [3.05, 3.63) is 22.9 Å². The summed E-state index contributed by atoms with van der Waals surface area (Å²) in [5.74, 6) is 2.10. The van der Waals surface area contributed by atoms with Gasteiger partial charge in [0.15, 0.2) is 5.78 Å². The molecule has 0 aromatic heterocycles. The average Bonchev–Trinajstić information content (AvgIpc) is 2.87. The van der Waals surface area contributed by atoms with Gasteiger partial charge in [-0.2, -0.15) is 0 Å². The molecule has 0 amide bonds. The van der Waals surface area contributed by atoms with E-state index >= 15 is 0 Å². The normalized spacial score (nSPS) is 44.8. The van der Waals surface area contributed by atoms with Crippen molar-refractivity contribution in [3.8, 4) is 0 Å². The minimum absolute atomic E-state index is 0.00823. The van der Waals surface area contributed by atoms with E-state index in [0.717, 1.165) is 44.1 Å². The van der Waals surface area contributed by atoms with Crippen LogP contribution in [0, 0.1) is 28.6 Å². The van der Waals surface area contributed by atoms with Gasteiger partial charge in [-0.25, -0.2) is 0 Å². The molecule has 2 saturated carbocycles. The quantitative estimate of drug-likeness (QED) is 0.794. The van der Waals surface area contributed by atoms with Crippen LogP contribution in [0.25, 0.3) is 0 Å². The van der Waals surface area contributed by atoms with Crippen molar-refractivity contribution in [1.82, 2.24) is 0 Å². The highest BCUT2D eigenvalue weighted by molar-refractivity contribution is 5.97. The van der Waals surface area contributed by atoms with Crippen LogP contribution in [0.3, 0.4) is 0 Å². The molecule has 2 N–H and O–H groups in total. The highest BCUT2D eigenvalue weighted by atomic mass is 16.1. The van der Waals surface area contributed by atoms with Crippen molar-refractivity contribution in [2.24, 2.45) is 34.3 Å². The highest BCUT2D eigenvalue weighted by Gasteiger charge is 2.59. The van der Waals surface area contributed by atoms with E-state index in [1.165, 1.54) is 5.57 Å². The largest absolute Gasteiger partial charge is 0.396 e. The third kappa shape index (κ3) is 1.84. The molecule has 0 aliphatic heterocycles. The van der Waals surface area contributed by atoms with Crippen molar-refractivity contribution in [3.63, 3.8) is 0 Å². The summed E-state index contributed by atoms with van der Waals surface area (Å²) < 4.78 is 0. The van der Waals surface area contributed by atoms with E-state index in [1.54, 1.807) is 0 Å². The Bertz CT molecular complexity index is 688. The fourth-order valence-corrected chi connectivity index (χ4v) is 6.49. The number of hydrogen-bond acceptors (Lipinski definition) is 3. The Kier molecular flexibility index (Phi) is 3.40. The van der Waals surface area contributed by atoms with Crippen LogP contribution in [-0.4, -0.2) is 11.6 Å². The van der Waals surface area contributed by atoms with Gasteiger partial charge in [0.25, 0.3) is 0 Å². The van der Waals surface area contributed by atoms with Crippen molar-refractivity contribution in [2.75, 3.05) is 0 Å². The van der Waals surface area contributed by atoms with E-state index in [4.69, 9.17) is 5.73 Å². The third-order valence-corrected chi connectivity index (χ3v) is 8.04. The number of allylic oxidation sites excluding steroid dienone is 4. The molecule has 0 heterocycles. The van der Waals surface area contributed by atoms with Crippen LogP contribution >= 0.6 is 0 Å². The molecule has 0 radical (unpaired) electrons. The Morgan fingerprint density at radius 2 is 1.79 bits per heavy atom. The number of Topliss-reactive ketones (excluding diaryl/α,β-unsaturated/α-hetero) is 2. The van der Waals surface area contributed by atoms with Gasteiger partial charge in [-0.15, -0.1) is 0 Å². The summed E-state index contributed by atoms with van der Waals surface area (Å²) in [4.78, 5) is 24.7. The molecule has 3 heteroatoms. The zero-order valence-electron chi connectivity index (χ0n) is 15.2. The minimum Gasteiger partial charge on any atom is -0.396 e. The fraction of sp³-hybridized carbons (Fsp3) is 0.714. The van der Waals surface area contributed by atoms with Crippen LogP contribution in [0.2, 0.25) is 0 Å². The molecule has 130 valence electrons. The Labute approximate surface area is 144 Å². The van der Waals surface area contributed by atoms with Crippen LogP contribution in [0.1, 0.15) is 65.7 Å². The van der Waals surface area contributed by atoms with E-state index in [0.29, 0.717) is 35.7 Å². The van der Waals surface area contributed by atoms with Crippen LogP contribution in [0.15, 0.2) is 22.9 Å². The van der Waals surface area contributed by atoms with Gasteiger partial charge in [0.2, 0.25) is 0 Å². The van der Waals surface area contributed by atoms with Gasteiger partial charge in [0, 0.05) is 18.3 Å². The van der Waals surface area contributed by atoms with Crippen molar-refractivity contribution < 1.29 is 9.59 Å². The van der Waals surface area contributed by atoms with Crippen molar-refractivity contribution >= 4 is 11.6 Å². The van der Waals surface area contributed by atoms with Crippen molar-refractivity contribution in [2.45, 2.75) is 65.7 Å². The Balaban J connectivity index is 1.88. The Morgan fingerprint density at radius 3 is 2.50 bits per heavy atom. The van der Waals surface area contributed by atoms with E-state index < -0.39 is 0 Å². The number of rotatable bonds is 1. The fourth-order valence-electron chi connectivity index (χ4n) is 6.49. The Hall–Kier alpha value is -1.38. The molecule has 4 aliphatic carbocycles. The maximum absolute atomic E-state index is 12.6. The number of hydrogen-bond donors (Lipinski definition) is 1. The van der Waals surface area contributed by atoms with Gasteiger partial charge in [-0.05, 0) is 60.8 Å². The van der Waals surface area contributed by atoms with Gasteiger partial charge in [0.1, 0.15) is 5.78 Å². The first-order valence-electron chi connectivity index (χ1n) is 9.60. The lowest BCUT2D eigenvalue weighted by Crippen LogP contribution is -2.51. The first-order chi connectivity index (χ1) is 11.3. The SMILES string of the molecule is CCC1=CC2=C(N)C(=O)CC[C@]2(C)[C@H]2CC[C@]3(C)C(=O)CC[C@H]3[C@H]12. The molecular weight excluding hydrogens is 298 g/mol. The molecule has 0 spiro atoms. The van der Waals surface area contributed by atoms with Gasteiger partial charge in [-0.3, -0.25) is 9.59 Å². The monoisotopic (exact) mass is 327 g/mol. The number of ketones is 2. The summed E-state index contributed by atoms with van der Waals surface area (Å²) in [5.41, 5.74) is 9.16. The van der Waals surface area contributed by atoms with Crippen LogP contribution in [0.4, 0.5) is 0 Å².